The van der Waals surface area contributed by atoms with Gasteiger partial charge in [0.15, 0.2) is 18.1 Å². The third kappa shape index (κ3) is 4.73. The van der Waals surface area contributed by atoms with E-state index < -0.39 is 0 Å². The lowest BCUT2D eigenvalue weighted by Crippen LogP contribution is -2.40. The van der Waals surface area contributed by atoms with Crippen LogP contribution in [0.4, 0.5) is 0 Å². The molecule has 9 heteroatoms. The van der Waals surface area contributed by atoms with Gasteiger partial charge in [0.25, 0.3) is 11.8 Å². The van der Waals surface area contributed by atoms with E-state index in [1.807, 2.05) is 48.2 Å². The molecule has 6 rings (SSSR count). The normalized spacial score (nSPS) is 17.7. The van der Waals surface area contributed by atoms with Crippen LogP contribution in [-0.4, -0.2) is 59.9 Å². The number of aromatic nitrogens is 2. The molecule has 1 unspecified atom stereocenters. The van der Waals surface area contributed by atoms with E-state index in [0.29, 0.717) is 56.1 Å². The number of benzene rings is 2. The van der Waals surface area contributed by atoms with Crippen molar-refractivity contribution in [3.63, 3.8) is 0 Å². The van der Waals surface area contributed by atoms with Crippen LogP contribution in [0.15, 0.2) is 48.8 Å². The van der Waals surface area contributed by atoms with Crippen molar-refractivity contribution in [3.05, 3.63) is 71.0 Å². The molecule has 0 radical (unpaired) electrons. The van der Waals surface area contributed by atoms with E-state index in [0.717, 1.165) is 22.4 Å². The van der Waals surface area contributed by atoms with Gasteiger partial charge in [-0.25, -0.2) is 0 Å². The Bertz CT molecular complexity index is 1270. The van der Waals surface area contributed by atoms with Gasteiger partial charge >= 0.3 is 0 Å². The molecule has 2 amide bonds. The maximum Gasteiger partial charge on any atom is 0.257 e. The Morgan fingerprint density at radius 3 is 2.94 bits per heavy atom. The van der Waals surface area contributed by atoms with E-state index in [-0.39, 0.29) is 24.5 Å². The van der Waals surface area contributed by atoms with E-state index in [1.165, 1.54) is 0 Å². The molecule has 1 atom stereocenters. The molecule has 188 valence electrons. The summed E-state index contributed by atoms with van der Waals surface area (Å²) in [5, 5.41) is 7.15. The summed E-state index contributed by atoms with van der Waals surface area (Å²) in [6.45, 7) is 4.04. The summed E-state index contributed by atoms with van der Waals surface area (Å²) >= 11 is 0. The van der Waals surface area contributed by atoms with Gasteiger partial charge in [-0.15, -0.1) is 0 Å². The molecular formula is C27H30N4O5. The third-order valence-corrected chi connectivity index (χ3v) is 6.56. The first-order valence-electron chi connectivity index (χ1n) is 12.2. The summed E-state index contributed by atoms with van der Waals surface area (Å²) in [6.07, 6.45) is 4.71. The highest BCUT2D eigenvalue weighted by Gasteiger charge is 2.34. The fourth-order valence-electron chi connectivity index (χ4n) is 4.75. The van der Waals surface area contributed by atoms with Gasteiger partial charge in [0.1, 0.15) is 5.75 Å². The summed E-state index contributed by atoms with van der Waals surface area (Å²) in [4.78, 5) is 27.9. The van der Waals surface area contributed by atoms with Crippen molar-refractivity contribution in [2.24, 2.45) is 0 Å². The highest BCUT2D eigenvalue weighted by Crippen LogP contribution is 2.42. The molecule has 3 aliphatic heterocycles. The molecule has 9 nitrogen and oxygen atoms in total. The average molecular weight is 491 g/mol. The minimum Gasteiger partial charge on any atom is -0.494 e. The van der Waals surface area contributed by atoms with Crippen LogP contribution in [0.25, 0.3) is 0 Å². The number of methoxy groups -OCH3 is 1. The first kappa shape index (κ1) is 23.7. The van der Waals surface area contributed by atoms with Gasteiger partial charge in [0.05, 0.1) is 31.5 Å². The smallest absolute Gasteiger partial charge is 0.257 e. The number of fused-ring (bicyclic) bond motifs is 8. The lowest BCUT2D eigenvalue weighted by atomic mass is 9.87. The van der Waals surface area contributed by atoms with E-state index in [9.17, 15) is 9.59 Å². The summed E-state index contributed by atoms with van der Waals surface area (Å²) in [5.74, 6) is 1.46. The van der Waals surface area contributed by atoms with Gasteiger partial charge in [-0.05, 0) is 60.7 Å². The molecule has 0 fully saturated rings. The van der Waals surface area contributed by atoms with Crippen LogP contribution in [0.5, 0.6) is 17.2 Å². The number of ether oxygens (including phenoxy) is 3. The Hall–Kier alpha value is -4.01. The van der Waals surface area contributed by atoms with Crippen LogP contribution in [0.1, 0.15) is 46.4 Å². The van der Waals surface area contributed by atoms with Crippen molar-refractivity contribution in [3.8, 4) is 17.2 Å². The predicted molar refractivity (Wildman–Crippen MR) is 133 cm³/mol. The molecule has 6 bridgehead atoms. The molecule has 3 aromatic rings. The Kier molecular flexibility index (Phi) is 6.79. The van der Waals surface area contributed by atoms with Gasteiger partial charge in [0, 0.05) is 25.8 Å². The van der Waals surface area contributed by atoms with E-state index >= 15 is 0 Å². The van der Waals surface area contributed by atoms with Crippen LogP contribution in [0, 0.1) is 0 Å². The molecular weight excluding hydrogens is 460 g/mol. The second-order valence-corrected chi connectivity index (χ2v) is 8.85. The number of amides is 2. The minimum absolute atomic E-state index is 0.0814. The monoisotopic (exact) mass is 490 g/mol. The number of aryl methyl sites for hydroxylation is 1. The van der Waals surface area contributed by atoms with Crippen molar-refractivity contribution in [1.29, 1.82) is 0 Å². The zero-order valence-electron chi connectivity index (χ0n) is 20.5. The molecule has 1 aromatic heterocycles. The largest absolute Gasteiger partial charge is 0.494 e. The number of hydrogen-bond acceptors (Lipinski definition) is 6. The maximum atomic E-state index is 13.7. The second kappa shape index (κ2) is 10.3. The number of nitrogens with one attached hydrogen (secondary N) is 1. The fraction of sp³-hybridized carbons (Fsp3) is 0.370. The molecule has 1 N–H and O–H groups in total. The number of carbonyl (C=O) groups excluding carboxylic acids is 2. The molecule has 4 heterocycles. The Labute approximate surface area is 209 Å². The lowest BCUT2D eigenvalue weighted by Gasteiger charge is -2.38. The predicted octanol–water partition coefficient (Wildman–Crippen LogP) is 2.98. The molecule has 36 heavy (non-hydrogen) atoms. The topological polar surface area (TPSA) is 94.9 Å². The zero-order chi connectivity index (χ0) is 25.1. The molecule has 0 saturated heterocycles. The first-order chi connectivity index (χ1) is 17.6. The van der Waals surface area contributed by atoms with Crippen molar-refractivity contribution in [1.82, 2.24) is 20.0 Å². The molecule has 2 aromatic carbocycles. The maximum absolute atomic E-state index is 13.7. The standard InChI is InChI=1S/C27H30N4O5/c1-3-30-16-20(15-29-30)27(33)31-10-8-18-13-24-23(34-2)14-22(18)26(31)19-6-4-7-21(12-19)35-11-5-9-28-25(32)17-36-24/h4,6-7,12-16,26H,3,5,8-11,17H2,1-2H3,(H,28,32). The third-order valence-electron chi connectivity index (χ3n) is 6.56. The number of nitrogens with zero attached hydrogens (tertiary/aromatic N) is 3. The first-order valence-corrected chi connectivity index (χ1v) is 12.2. The molecule has 0 saturated carbocycles. The highest BCUT2D eigenvalue weighted by molar-refractivity contribution is 5.94. The van der Waals surface area contributed by atoms with E-state index in [2.05, 4.69) is 10.4 Å². The van der Waals surface area contributed by atoms with Crippen LogP contribution in [-0.2, 0) is 17.8 Å². The summed E-state index contributed by atoms with van der Waals surface area (Å²) < 4.78 is 19.2. The zero-order valence-corrected chi connectivity index (χ0v) is 20.5. The van der Waals surface area contributed by atoms with Crippen LogP contribution in [0.2, 0.25) is 0 Å². The van der Waals surface area contributed by atoms with Gasteiger partial charge < -0.3 is 24.4 Å². The van der Waals surface area contributed by atoms with Gasteiger partial charge in [-0.1, -0.05) is 12.1 Å². The van der Waals surface area contributed by atoms with Crippen molar-refractivity contribution < 1.29 is 23.8 Å². The number of rotatable bonds is 3. The lowest BCUT2D eigenvalue weighted by molar-refractivity contribution is -0.123. The Morgan fingerprint density at radius 2 is 2.14 bits per heavy atom. The highest BCUT2D eigenvalue weighted by atomic mass is 16.5. The fourth-order valence-corrected chi connectivity index (χ4v) is 4.75. The van der Waals surface area contributed by atoms with Crippen LogP contribution < -0.4 is 19.5 Å². The van der Waals surface area contributed by atoms with Crippen LogP contribution >= 0.6 is 0 Å². The second-order valence-electron chi connectivity index (χ2n) is 8.85. The summed E-state index contributed by atoms with van der Waals surface area (Å²) in [5.41, 5.74) is 3.50. The Morgan fingerprint density at radius 1 is 1.25 bits per heavy atom. The van der Waals surface area contributed by atoms with E-state index in [1.54, 1.807) is 24.2 Å². The molecule has 0 spiro atoms. The quantitative estimate of drug-likeness (QED) is 0.607. The van der Waals surface area contributed by atoms with Gasteiger partial charge in [-0.3, -0.25) is 14.3 Å². The van der Waals surface area contributed by atoms with E-state index in [4.69, 9.17) is 14.2 Å². The summed E-state index contributed by atoms with van der Waals surface area (Å²) in [6, 6.07) is 11.3. The van der Waals surface area contributed by atoms with Crippen molar-refractivity contribution in [2.75, 3.05) is 33.4 Å². The molecule has 0 aliphatic carbocycles. The molecule has 3 aliphatic rings. The number of hydrogen-bond donors (Lipinski definition) is 1. The summed E-state index contributed by atoms with van der Waals surface area (Å²) in [7, 11) is 1.57. The number of carbonyl (C=O) groups is 2. The van der Waals surface area contributed by atoms with Gasteiger partial charge in [0.2, 0.25) is 0 Å². The minimum atomic E-state index is -0.353. The average Bonchev–Trinajstić information content (AvgIpc) is 3.39. The Balaban J connectivity index is 1.62. The van der Waals surface area contributed by atoms with Crippen molar-refractivity contribution in [2.45, 2.75) is 32.4 Å². The van der Waals surface area contributed by atoms with Gasteiger partial charge in [-0.2, -0.15) is 5.10 Å². The van der Waals surface area contributed by atoms with Crippen LogP contribution in [0.3, 0.4) is 0 Å². The van der Waals surface area contributed by atoms with Crippen molar-refractivity contribution >= 4 is 11.8 Å². The SMILES string of the molecule is CCn1cc(C(=O)N2CCc3cc4c(OC)cc3C2c2cccc(c2)OCCCNC(=O)CO4)cn1.